The zero-order valence-corrected chi connectivity index (χ0v) is 17.6. The van der Waals surface area contributed by atoms with Crippen molar-refractivity contribution in [2.24, 2.45) is 9.98 Å². The van der Waals surface area contributed by atoms with Gasteiger partial charge in [-0.25, -0.2) is 4.99 Å². The van der Waals surface area contributed by atoms with Gasteiger partial charge in [-0.3, -0.25) is 4.99 Å². The third-order valence-corrected chi connectivity index (χ3v) is 4.65. The number of aliphatic hydroxyl groups is 1. The zero-order chi connectivity index (χ0) is 18.9. The SMILES string of the molecule is CN(C)/C=N/C(=NCc1cccc(Cl)c1)S/C=C(/O)c1ccc(Br)cc1. The first-order valence-electron chi connectivity index (χ1n) is 7.75. The molecule has 2 aromatic carbocycles. The van der Waals surface area contributed by atoms with Gasteiger partial charge in [0.15, 0.2) is 5.17 Å². The summed E-state index contributed by atoms with van der Waals surface area (Å²) in [5, 5.41) is 13.1. The molecule has 26 heavy (non-hydrogen) atoms. The number of thioether (sulfide) groups is 1. The first-order valence-corrected chi connectivity index (χ1v) is 9.80. The highest BCUT2D eigenvalue weighted by atomic mass is 79.9. The minimum Gasteiger partial charge on any atom is -0.507 e. The standard InChI is InChI=1S/C19H19BrClN3OS/c1-24(2)13-23-19(22-11-14-4-3-5-17(21)10-14)26-12-18(25)15-6-8-16(20)9-7-15/h3-10,12-13,25H,11H2,1-2H3/b18-12+,22-19?,23-13+. The number of aliphatic imine (C=N–C) groups is 2. The first-order chi connectivity index (χ1) is 12.4. The fraction of sp³-hybridized carbons (Fsp3) is 0.158. The lowest BCUT2D eigenvalue weighted by atomic mass is 10.2. The molecule has 0 aromatic heterocycles. The summed E-state index contributed by atoms with van der Waals surface area (Å²) in [7, 11) is 3.77. The maximum Gasteiger partial charge on any atom is 0.189 e. The van der Waals surface area contributed by atoms with Crippen molar-refractivity contribution in [1.29, 1.82) is 0 Å². The fourth-order valence-electron chi connectivity index (χ4n) is 1.86. The lowest BCUT2D eigenvalue weighted by molar-refractivity contribution is 0.513. The van der Waals surface area contributed by atoms with E-state index in [1.165, 1.54) is 11.8 Å². The van der Waals surface area contributed by atoms with Crippen molar-refractivity contribution in [2.45, 2.75) is 6.54 Å². The molecule has 0 aliphatic heterocycles. The van der Waals surface area contributed by atoms with Crippen LogP contribution >= 0.6 is 39.3 Å². The summed E-state index contributed by atoms with van der Waals surface area (Å²) < 4.78 is 0.959. The van der Waals surface area contributed by atoms with E-state index in [0.717, 1.165) is 15.6 Å². The van der Waals surface area contributed by atoms with Gasteiger partial charge < -0.3 is 10.0 Å². The van der Waals surface area contributed by atoms with E-state index >= 15 is 0 Å². The van der Waals surface area contributed by atoms with Gasteiger partial charge in [0.25, 0.3) is 0 Å². The normalized spacial score (nSPS) is 12.6. The van der Waals surface area contributed by atoms with Crippen molar-refractivity contribution >= 4 is 56.6 Å². The van der Waals surface area contributed by atoms with Crippen molar-refractivity contribution in [3.8, 4) is 0 Å². The summed E-state index contributed by atoms with van der Waals surface area (Å²) in [5.41, 5.74) is 1.73. The van der Waals surface area contributed by atoms with Crippen LogP contribution in [-0.4, -0.2) is 35.6 Å². The third kappa shape index (κ3) is 7.23. The summed E-state index contributed by atoms with van der Waals surface area (Å²) >= 11 is 10.7. The quantitative estimate of drug-likeness (QED) is 0.352. The Balaban J connectivity index is 2.14. The fourth-order valence-corrected chi connectivity index (χ4v) is 2.94. The van der Waals surface area contributed by atoms with Crippen molar-refractivity contribution in [3.05, 3.63) is 74.6 Å². The molecule has 0 heterocycles. The first kappa shape index (κ1) is 20.6. The Hall–Kier alpha value is -1.76. The molecule has 0 unspecified atom stereocenters. The van der Waals surface area contributed by atoms with E-state index in [1.807, 2.05) is 67.5 Å². The molecule has 0 saturated heterocycles. The van der Waals surface area contributed by atoms with Gasteiger partial charge >= 0.3 is 0 Å². The molecule has 0 fully saturated rings. The lowest BCUT2D eigenvalue weighted by Gasteiger charge is -2.05. The molecule has 136 valence electrons. The van der Waals surface area contributed by atoms with Crippen LogP contribution in [0, 0.1) is 0 Å². The summed E-state index contributed by atoms with van der Waals surface area (Å²) in [6, 6.07) is 15.0. The Morgan fingerprint density at radius 2 is 1.96 bits per heavy atom. The number of benzene rings is 2. The Morgan fingerprint density at radius 1 is 1.23 bits per heavy atom. The van der Waals surface area contributed by atoms with E-state index in [4.69, 9.17) is 11.6 Å². The van der Waals surface area contributed by atoms with Gasteiger partial charge in [0, 0.05) is 34.6 Å². The smallest absolute Gasteiger partial charge is 0.189 e. The molecule has 0 bridgehead atoms. The van der Waals surface area contributed by atoms with Gasteiger partial charge in [-0.2, -0.15) is 0 Å². The summed E-state index contributed by atoms with van der Waals surface area (Å²) in [4.78, 5) is 10.7. The van der Waals surface area contributed by atoms with E-state index in [9.17, 15) is 5.11 Å². The van der Waals surface area contributed by atoms with Crippen LogP contribution in [0.25, 0.3) is 5.76 Å². The van der Waals surface area contributed by atoms with Gasteiger partial charge in [-0.05, 0) is 29.8 Å². The molecule has 0 saturated carbocycles. The van der Waals surface area contributed by atoms with Crippen molar-refractivity contribution in [3.63, 3.8) is 0 Å². The number of amidine groups is 1. The van der Waals surface area contributed by atoms with Crippen LogP contribution < -0.4 is 0 Å². The summed E-state index contributed by atoms with van der Waals surface area (Å²) in [6.07, 6.45) is 1.67. The molecule has 2 aromatic rings. The lowest BCUT2D eigenvalue weighted by Crippen LogP contribution is -2.08. The van der Waals surface area contributed by atoms with Gasteiger partial charge in [0.1, 0.15) is 5.76 Å². The number of hydrogen-bond donors (Lipinski definition) is 1. The van der Waals surface area contributed by atoms with Gasteiger partial charge in [-0.1, -0.05) is 63.6 Å². The molecule has 0 spiro atoms. The second-order valence-electron chi connectivity index (χ2n) is 5.56. The van der Waals surface area contributed by atoms with Gasteiger partial charge in [0.05, 0.1) is 12.9 Å². The van der Waals surface area contributed by atoms with Crippen molar-refractivity contribution < 1.29 is 5.11 Å². The van der Waals surface area contributed by atoms with Gasteiger partial charge in [0.2, 0.25) is 0 Å². The Kier molecular flexibility index (Phi) is 8.22. The molecule has 0 amide bonds. The molecule has 0 atom stereocenters. The van der Waals surface area contributed by atoms with Crippen molar-refractivity contribution in [2.75, 3.05) is 14.1 Å². The average Bonchev–Trinajstić information content (AvgIpc) is 2.61. The molecule has 4 nitrogen and oxygen atoms in total. The van der Waals surface area contributed by atoms with Gasteiger partial charge in [-0.15, -0.1) is 0 Å². The van der Waals surface area contributed by atoms with Crippen LogP contribution in [0.15, 0.2) is 68.4 Å². The van der Waals surface area contributed by atoms with Crippen LogP contribution in [0.5, 0.6) is 0 Å². The zero-order valence-electron chi connectivity index (χ0n) is 14.4. The maximum absolute atomic E-state index is 10.2. The van der Waals surface area contributed by atoms with E-state index in [0.29, 0.717) is 16.7 Å². The van der Waals surface area contributed by atoms with E-state index < -0.39 is 0 Å². The number of halogens is 2. The molecule has 0 aliphatic carbocycles. The van der Waals surface area contributed by atoms with Crippen LogP contribution in [-0.2, 0) is 6.54 Å². The van der Waals surface area contributed by atoms with Crippen LogP contribution in [0.2, 0.25) is 5.02 Å². The van der Waals surface area contributed by atoms with E-state index in [2.05, 4.69) is 25.9 Å². The predicted molar refractivity (Wildman–Crippen MR) is 117 cm³/mol. The maximum atomic E-state index is 10.2. The number of rotatable bonds is 5. The highest BCUT2D eigenvalue weighted by Crippen LogP contribution is 2.20. The molecule has 0 radical (unpaired) electrons. The number of aliphatic hydroxyl groups excluding tert-OH is 1. The molecule has 1 N–H and O–H groups in total. The minimum absolute atomic E-state index is 0.165. The van der Waals surface area contributed by atoms with Crippen LogP contribution in [0.3, 0.4) is 0 Å². The molecular weight excluding hydrogens is 434 g/mol. The minimum atomic E-state index is 0.165. The second-order valence-corrected chi connectivity index (χ2v) is 7.75. The van der Waals surface area contributed by atoms with Crippen molar-refractivity contribution in [1.82, 2.24) is 4.90 Å². The second kappa shape index (κ2) is 10.4. The molecule has 7 heteroatoms. The Labute approximate surface area is 171 Å². The predicted octanol–water partition coefficient (Wildman–Crippen LogP) is 5.84. The van der Waals surface area contributed by atoms with Crippen LogP contribution in [0.4, 0.5) is 0 Å². The monoisotopic (exact) mass is 451 g/mol. The van der Waals surface area contributed by atoms with E-state index in [-0.39, 0.29) is 5.76 Å². The molecule has 0 aliphatic rings. The van der Waals surface area contributed by atoms with E-state index in [1.54, 1.807) is 11.7 Å². The van der Waals surface area contributed by atoms with Crippen LogP contribution in [0.1, 0.15) is 11.1 Å². The number of nitrogens with zero attached hydrogens (tertiary/aromatic N) is 3. The third-order valence-electron chi connectivity index (χ3n) is 3.10. The average molecular weight is 453 g/mol. The topological polar surface area (TPSA) is 48.2 Å². The molecule has 2 rings (SSSR count). The molecular formula is C19H19BrClN3OS. The Bertz CT molecular complexity index is 820. The summed E-state index contributed by atoms with van der Waals surface area (Å²) in [6.45, 7) is 0.459. The highest BCUT2D eigenvalue weighted by Gasteiger charge is 2.02. The Morgan fingerprint density at radius 3 is 2.62 bits per heavy atom. The highest BCUT2D eigenvalue weighted by molar-refractivity contribution is 9.10. The summed E-state index contributed by atoms with van der Waals surface area (Å²) in [5.74, 6) is 0.165. The largest absolute Gasteiger partial charge is 0.507 e. The number of hydrogen-bond acceptors (Lipinski definition) is 3.